The second-order valence-corrected chi connectivity index (χ2v) is 2.98. The highest BCUT2D eigenvalue weighted by Crippen LogP contribution is 2.11. The van der Waals surface area contributed by atoms with Crippen LogP contribution >= 0.6 is 0 Å². The number of hydrogen-bond acceptors (Lipinski definition) is 2. The fraction of sp³-hybridized carbons (Fsp3) is 0.833. The van der Waals surface area contributed by atoms with Crippen LogP contribution in [0.25, 0.3) is 0 Å². The van der Waals surface area contributed by atoms with Gasteiger partial charge in [-0.05, 0) is 19.9 Å². The molecule has 0 aromatic carbocycles. The smallest absolute Gasteiger partial charge is 0.312 e. The number of urea groups is 1. The Labute approximate surface area is 60.2 Å². The van der Waals surface area contributed by atoms with Crippen LogP contribution in [0.15, 0.2) is 0 Å². The van der Waals surface area contributed by atoms with Crippen LogP contribution in [0, 0.1) is 0 Å². The molecule has 1 unspecified atom stereocenters. The predicted octanol–water partition coefficient (Wildman–Crippen LogP) is -0.593. The zero-order chi connectivity index (χ0) is 7.61. The Morgan fingerprint density at radius 1 is 1.80 bits per heavy atom. The number of rotatable bonds is 1. The van der Waals surface area contributed by atoms with Crippen molar-refractivity contribution in [1.82, 2.24) is 10.6 Å². The van der Waals surface area contributed by atoms with Crippen LogP contribution < -0.4 is 16.4 Å². The van der Waals surface area contributed by atoms with Gasteiger partial charge in [0.25, 0.3) is 0 Å². The highest BCUT2D eigenvalue weighted by atomic mass is 16.2. The molecule has 0 saturated carbocycles. The molecule has 0 spiro atoms. The van der Waals surface area contributed by atoms with E-state index in [-0.39, 0.29) is 5.54 Å². The van der Waals surface area contributed by atoms with Crippen molar-refractivity contribution in [2.24, 2.45) is 5.73 Å². The molecule has 4 heteroatoms. The average Bonchev–Trinajstić information content (AvgIpc) is 2.12. The van der Waals surface area contributed by atoms with E-state index in [1.165, 1.54) is 0 Å². The predicted molar refractivity (Wildman–Crippen MR) is 38.6 cm³/mol. The summed E-state index contributed by atoms with van der Waals surface area (Å²) in [5, 5.41) is 5.84. The lowest BCUT2D eigenvalue weighted by molar-refractivity contribution is 0.238. The first kappa shape index (κ1) is 7.34. The second-order valence-electron chi connectivity index (χ2n) is 2.98. The van der Waals surface area contributed by atoms with Crippen molar-refractivity contribution in [2.75, 3.05) is 13.1 Å². The van der Waals surface area contributed by atoms with Crippen LogP contribution in [0.4, 0.5) is 4.79 Å². The second kappa shape index (κ2) is 2.46. The Morgan fingerprint density at radius 3 is 2.90 bits per heavy atom. The van der Waals surface area contributed by atoms with E-state index in [4.69, 9.17) is 5.73 Å². The van der Waals surface area contributed by atoms with E-state index >= 15 is 0 Å². The van der Waals surface area contributed by atoms with Crippen molar-refractivity contribution in [1.29, 1.82) is 0 Å². The van der Waals surface area contributed by atoms with Gasteiger partial charge >= 0.3 is 6.03 Å². The molecule has 1 heterocycles. The minimum absolute atomic E-state index is 0.119. The van der Waals surface area contributed by atoms with Crippen molar-refractivity contribution in [3.8, 4) is 0 Å². The topological polar surface area (TPSA) is 67.1 Å². The molecule has 1 rings (SSSR count). The molecule has 2 amide bonds. The lowest BCUT2D eigenvalue weighted by atomic mass is 10.0. The van der Waals surface area contributed by atoms with E-state index in [0.717, 1.165) is 19.5 Å². The number of nitrogens with two attached hydrogens (primary N) is 1. The van der Waals surface area contributed by atoms with Gasteiger partial charge in [-0.25, -0.2) is 4.79 Å². The first-order valence-electron chi connectivity index (χ1n) is 3.41. The van der Waals surface area contributed by atoms with Crippen LogP contribution in [-0.2, 0) is 0 Å². The molecule has 0 aliphatic carbocycles. The number of hydrogen-bond donors (Lipinski definition) is 3. The number of amides is 2. The average molecular weight is 143 g/mol. The number of carbonyl (C=O) groups is 1. The molecule has 1 fully saturated rings. The van der Waals surface area contributed by atoms with Gasteiger partial charge in [0, 0.05) is 6.54 Å². The van der Waals surface area contributed by atoms with Gasteiger partial charge < -0.3 is 16.4 Å². The SMILES string of the molecule is CC1(NC(N)=O)CCNC1. The van der Waals surface area contributed by atoms with Gasteiger partial charge in [0.1, 0.15) is 0 Å². The molecule has 10 heavy (non-hydrogen) atoms. The third-order valence-corrected chi connectivity index (χ3v) is 1.79. The van der Waals surface area contributed by atoms with Crippen molar-refractivity contribution in [2.45, 2.75) is 18.9 Å². The van der Waals surface area contributed by atoms with Crippen LogP contribution in [0.3, 0.4) is 0 Å². The van der Waals surface area contributed by atoms with Crippen molar-refractivity contribution in [3.63, 3.8) is 0 Å². The fourth-order valence-corrected chi connectivity index (χ4v) is 1.22. The number of carbonyl (C=O) groups excluding carboxylic acids is 1. The Kier molecular flexibility index (Phi) is 1.80. The van der Waals surface area contributed by atoms with Crippen molar-refractivity contribution >= 4 is 6.03 Å². The molecule has 0 aromatic heterocycles. The van der Waals surface area contributed by atoms with E-state index in [9.17, 15) is 4.79 Å². The molecule has 0 bridgehead atoms. The molecule has 4 N–H and O–H groups in total. The molecule has 58 valence electrons. The van der Waals surface area contributed by atoms with E-state index in [1.54, 1.807) is 0 Å². The summed E-state index contributed by atoms with van der Waals surface area (Å²) in [6.45, 7) is 3.75. The largest absolute Gasteiger partial charge is 0.352 e. The normalized spacial score (nSPS) is 32.1. The van der Waals surface area contributed by atoms with Crippen LogP contribution in [-0.4, -0.2) is 24.7 Å². The Morgan fingerprint density at radius 2 is 2.50 bits per heavy atom. The molecule has 1 saturated heterocycles. The summed E-state index contributed by atoms with van der Waals surface area (Å²) in [4.78, 5) is 10.4. The quantitative estimate of drug-likeness (QED) is 0.459. The van der Waals surface area contributed by atoms with E-state index in [1.807, 2.05) is 6.92 Å². The summed E-state index contributed by atoms with van der Waals surface area (Å²) in [6.07, 6.45) is 0.954. The Bertz CT molecular complexity index is 140. The summed E-state index contributed by atoms with van der Waals surface area (Å²) in [6, 6.07) is -0.439. The summed E-state index contributed by atoms with van der Waals surface area (Å²) in [5.74, 6) is 0. The fourth-order valence-electron chi connectivity index (χ4n) is 1.22. The Balaban J connectivity index is 2.43. The van der Waals surface area contributed by atoms with Gasteiger partial charge in [0.15, 0.2) is 0 Å². The van der Waals surface area contributed by atoms with Crippen LogP contribution in [0.1, 0.15) is 13.3 Å². The van der Waals surface area contributed by atoms with Crippen LogP contribution in [0.5, 0.6) is 0 Å². The molecule has 1 aliphatic heterocycles. The maximum atomic E-state index is 10.4. The molecular weight excluding hydrogens is 130 g/mol. The molecule has 0 aromatic rings. The van der Waals surface area contributed by atoms with Gasteiger partial charge in [-0.2, -0.15) is 0 Å². The van der Waals surface area contributed by atoms with Gasteiger partial charge in [0.2, 0.25) is 0 Å². The Hall–Kier alpha value is -0.770. The molecule has 0 radical (unpaired) electrons. The first-order valence-corrected chi connectivity index (χ1v) is 3.41. The standard InChI is InChI=1S/C6H13N3O/c1-6(9-5(7)10)2-3-8-4-6/h8H,2-4H2,1H3,(H3,7,9,10). The zero-order valence-electron chi connectivity index (χ0n) is 6.11. The first-order chi connectivity index (χ1) is 4.62. The summed E-state index contributed by atoms with van der Waals surface area (Å²) >= 11 is 0. The number of primary amides is 1. The minimum Gasteiger partial charge on any atom is -0.352 e. The summed E-state index contributed by atoms with van der Waals surface area (Å²) < 4.78 is 0. The van der Waals surface area contributed by atoms with Crippen molar-refractivity contribution in [3.05, 3.63) is 0 Å². The molecular formula is C6H13N3O. The van der Waals surface area contributed by atoms with Crippen molar-refractivity contribution < 1.29 is 4.79 Å². The maximum Gasteiger partial charge on any atom is 0.312 e. The summed E-state index contributed by atoms with van der Waals surface area (Å²) in [5.41, 5.74) is 4.86. The lowest BCUT2D eigenvalue weighted by Crippen LogP contribution is -2.49. The lowest BCUT2D eigenvalue weighted by Gasteiger charge is -2.22. The van der Waals surface area contributed by atoms with E-state index in [2.05, 4.69) is 10.6 Å². The molecule has 1 atom stereocenters. The maximum absolute atomic E-state index is 10.4. The number of nitrogens with one attached hydrogen (secondary N) is 2. The third kappa shape index (κ3) is 1.60. The monoisotopic (exact) mass is 143 g/mol. The minimum atomic E-state index is -0.439. The highest BCUT2D eigenvalue weighted by molar-refractivity contribution is 5.72. The van der Waals surface area contributed by atoms with Crippen LogP contribution in [0.2, 0.25) is 0 Å². The van der Waals surface area contributed by atoms with Gasteiger partial charge in [-0.1, -0.05) is 0 Å². The third-order valence-electron chi connectivity index (χ3n) is 1.79. The van der Waals surface area contributed by atoms with Gasteiger partial charge in [-0.3, -0.25) is 0 Å². The zero-order valence-corrected chi connectivity index (χ0v) is 6.11. The molecule has 4 nitrogen and oxygen atoms in total. The highest BCUT2D eigenvalue weighted by Gasteiger charge is 2.28. The summed E-state index contributed by atoms with van der Waals surface area (Å²) in [7, 11) is 0. The van der Waals surface area contributed by atoms with E-state index < -0.39 is 6.03 Å². The molecule has 1 aliphatic rings. The van der Waals surface area contributed by atoms with E-state index in [0.29, 0.717) is 0 Å². The van der Waals surface area contributed by atoms with Gasteiger partial charge in [-0.15, -0.1) is 0 Å². The van der Waals surface area contributed by atoms with Gasteiger partial charge in [0.05, 0.1) is 5.54 Å².